The third-order valence-electron chi connectivity index (χ3n) is 4.08. The van der Waals surface area contributed by atoms with Crippen LogP contribution in [0.5, 0.6) is 0 Å². The molecule has 0 unspecified atom stereocenters. The van der Waals surface area contributed by atoms with Gasteiger partial charge in [-0.15, -0.1) is 11.8 Å². The van der Waals surface area contributed by atoms with Gasteiger partial charge in [0.2, 0.25) is 5.91 Å². The molecule has 6 nitrogen and oxygen atoms in total. The van der Waals surface area contributed by atoms with Gasteiger partial charge in [0.1, 0.15) is 0 Å². The van der Waals surface area contributed by atoms with Crippen molar-refractivity contribution in [2.45, 2.75) is 24.3 Å². The molecule has 1 heterocycles. The molecule has 0 fully saturated rings. The van der Waals surface area contributed by atoms with E-state index in [1.807, 2.05) is 30.3 Å². The average molecular weight is 384 g/mol. The number of esters is 1. The molecule has 0 aliphatic carbocycles. The molecule has 27 heavy (non-hydrogen) atoms. The van der Waals surface area contributed by atoms with Crippen molar-refractivity contribution < 1.29 is 19.1 Å². The number of amides is 2. The van der Waals surface area contributed by atoms with Crippen molar-refractivity contribution in [1.82, 2.24) is 0 Å². The first-order valence-electron chi connectivity index (χ1n) is 8.59. The Morgan fingerprint density at radius 2 is 1.85 bits per heavy atom. The minimum Gasteiger partial charge on any atom is -0.455 e. The zero-order valence-electron chi connectivity index (χ0n) is 14.9. The first-order valence-corrected chi connectivity index (χ1v) is 9.57. The molecule has 140 valence electrons. The van der Waals surface area contributed by atoms with Gasteiger partial charge in [-0.25, -0.2) is 0 Å². The summed E-state index contributed by atoms with van der Waals surface area (Å²) >= 11 is 1.35. The van der Waals surface area contributed by atoms with Crippen molar-refractivity contribution in [2.75, 3.05) is 22.6 Å². The van der Waals surface area contributed by atoms with E-state index < -0.39 is 5.97 Å². The number of rotatable bonds is 5. The Hall–Kier alpha value is -2.80. The van der Waals surface area contributed by atoms with E-state index in [2.05, 4.69) is 5.32 Å². The Morgan fingerprint density at radius 1 is 1.15 bits per heavy atom. The highest BCUT2D eigenvalue weighted by molar-refractivity contribution is 8.00. The van der Waals surface area contributed by atoms with Gasteiger partial charge in [0.05, 0.1) is 17.1 Å². The van der Waals surface area contributed by atoms with Crippen LogP contribution in [0.15, 0.2) is 59.5 Å². The fraction of sp³-hybridized carbons (Fsp3) is 0.250. The number of nitrogens with one attached hydrogen (secondary N) is 1. The lowest BCUT2D eigenvalue weighted by Gasteiger charge is -2.27. The number of nitrogens with zero attached hydrogens (tertiary/aromatic N) is 1. The molecule has 2 aromatic carbocycles. The zero-order chi connectivity index (χ0) is 19.2. The molecular formula is C20H20N2O4S. The van der Waals surface area contributed by atoms with Crippen LogP contribution in [0.4, 0.5) is 11.4 Å². The quantitative estimate of drug-likeness (QED) is 0.633. The number of hydrogen-bond acceptors (Lipinski definition) is 5. The fourth-order valence-electron chi connectivity index (χ4n) is 2.88. The van der Waals surface area contributed by atoms with Crippen molar-refractivity contribution in [3.63, 3.8) is 0 Å². The maximum absolute atomic E-state index is 12.7. The van der Waals surface area contributed by atoms with Crippen LogP contribution in [0.1, 0.15) is 13.3 Å². The summed E-state index contributed by atoms with van der Waals surface area (Å²) in [5.41, 5.74) is 1.18. The van der Waals surface area contributed by atoms with Crippen molar-refractivity contribution in [3.05, 3.63) is 54.6 Å². The van der Waals surface area contributed by atoms with Crippen molar-refractivity contribution in [2.24, 2.45) is 0 Å². The Kier molecular flexibility index (Phi) is 6.13. The summed E-state index contributed by atoms with van der Waals surface area (Å²) in [6.07, 6.45) is 0.179. The molecule has 2 aromatic rings. The number of hydrogen-bond donors (Lipinski definition) is 1. The highest BCUT2D eigenvalue weighted by Gasteiger charge is 2.30. The summed E-state index contributed by atoms with van der Waals surface area (Å²) in [5, 5.41) is 2.80. The number of ether oxygens (including phenoxy) is 1. The van der Waals surface area contributed by atoms with Crippen LogP contribution in [0.2, 0.25) is 0 Å². The van der Waals surface area contributed by atoms with Crippen LogP contribution in [0.3, 0.4) is 0 Å². The first kappa shape index (κ1) is 19.0. The van der Waals surface area contributed by atoms with E-state index in [9.17, 15) is 14.4 Å². The van der Waals surface area contributed by atoms with E-state index in [1.165, 1.54) is 16.7 Å². The minimum atomic E-state index is -0.456. The number of carbonyl (C=O) groups is 3. The molecule has 0 bridgehead atoms. The van der Waals surface area contributed by atoms with Crippen LogP contribution in [0.25, 0.3) is 0 Å². The first-order chi connectivity index (χ1) is 13.0. The van der Waals surface area contributed by atoms with Crippen LogP contribution in [-0.2, 0) is 19.1 Å². The van der Waals surface area contributed by atoms with Crippen LogP contribution < -0.4 is 10.2 Å². The third-order valence-corrected chi connectivity index (χ3v) is 5.07. The Labute approximate surface area is 161 Å². The molecule has 7 heteroatoms. The second-order valence-electron chi connectivity index (χ2n) is 6.14. The molecule has 0 radical (unpaired) electrons. The Morgan fingerprint density at radius 3 is 2.63 bits per heavy atom. The van der Waals surface area contributed by atoms with E-state index in [4.69, 9.17) is 4.74 Å². The van der Waals surface area contributed by atoms with Crippen LogP contribution in [-0.4, -0.2) is 36.2 Å². The van der Waals surface area contributed by atoms with Crippen molar-refractivity contribution >= 4 is 40.9 Å². The minimum absolute atomic E-state index is 0.128. The molecular weight excluding hydrogens is 364 g/mol. The molecule has 2 amide bonds. The average Bonchev–Trinajstić information content (AvgIpc) is 2.79. The second-order valence-corrected chi connectivity index (χ2v) is 7.19. The number of benzene rings is 2. The molecule has 1 N–H and O–H groups in total. The van der Waals surface area contributed by atoms with E-state index in [1.54, 1.807) is 31.2 Å². The molecule has 1 aliphatic heterocycles. The zero-order valence-corrected chi connectivity index (χ0v) is 15.7. The van der Waals surface area contributed by atoms with E-state index >= 15 is 0 Å². The topological polar surface area (TPSA) is 75.7 Å². The number of fused-ring (bicyclic) bond motifs is 1. The van der Waals surface area contributed by atoms with Crippen molar-refractivity contribution in [1.29, 1.82) is 0 Å². The van der Waals surface area contributed by atoms with Gasteiger partial charge in [-0.3, -0.25) is 14.4 Å². The molecule has 1 atom stereocenters. The summed E-state index contributed by atoms with van der Waals surface area (Å²) in [4.78, 5) is 39.1. The van der Waals surface area contributed by atoms with E-state index in [0.29, 0.717) is 11.4 Å². The van der Waals surface area contributed by atoms with Crippen LogP contribution in [0, 0.1) is 0 Å². The smallest absolute Gasteiger partial charge is 0.316 e. The molecule has 1 aliphatic rings. The number of thioether (sulfide) groups is 1. The van der Waals surface area contributed by atoms with Gasteiger partial charge in [-0.1, -0.05) is 30.3 Å². The standard InChI is InChI=1S/C20H20N2O4S/c1-14-11-18(23)21-16-9-5-6-10-17(16)22(14)19(24)12-26-20(25)13-27-15-7-3-2-4-8-15/h2-10,14H,11-13H2,1H3,(H,21,23)/t14-/m0/s1. The summed E-state index contributed by atoms with van der Waals surface area (Å²) in [5.74, 6) is -0.836. The van der Waals surface area contributed by atoms with Gasteiger partial charge in [0.15, 0.2) is 6.61 Å². The van der Waals surface area contributed by atoms with Gasteiger partial charge in [0.25, 0.3) is 5.91 Å². The van der Waals surface area contributed by atoms with E-state index in [0.717, 1.165) is 4.90 Å². The highest BCUT2D eigenvalue weighted by Crippen LogP contribution is 2.31. The van der Waals surface area contributed by atoms with Gasteiger partial charge < -0.3 is 15.0 Å². The second kappa shape index (κ2) is 8.73. The largest absolute Gasteiger partial charge is 0.455 e. The van der Waals surface area contributed by atoms with E-state index in [-0.39, 0.29) is 36.6 Å². The molecule has 0 spiro atoms. The normalized spacial score (nSPS) is 16.1. The number of anilines is 2. The molecule has 0 saturated carbocycles. The molecule has 0 aromatic heterocycles. The fourth-order valence-corrected chi connectivity index (χ4v) is 3.60. The lowest BCUT2D eigenvalue weighted by molar-refractivity contribution is -0.145. The number of para-hydroxylation sites is 2. The van der Waals surface area contributed by atoms with Gasteiger partial charge in [-0.2, -0.15) is 0 Å². The predicted molar refractivity (Wildman–Crippen MR) is 105 cm³/mol. The van der Waals surface area contributed by atoms with Gasteiger partial charge in [0, 0.05) is 17.4 Å². The SMILES string of the molecule is C[C@H]1CC(=O)Nc2ccccc2N1C(=O)COC(=O)CSc1ccccc1. The summed E-state index contributed by atoms with van der Waals surface area (Å²) in [6.45, 7) is 1.44. The van der Waals surface area contributed by atoms with Crippen LogP contribution >= 0.6 is 11.8 Å². The molecule has 3 rings (SSSR count). The third kappa shape index (κ3) is 4.89. The predicted octanol–water partition coefficient (Wildman–Crippen LogP) is 3.09. The Balaban J connectivity index is 1.61. The summed E-state index contributed by atoms with van der Waals surface area (Å²) in [6, 6.07) is 16.3. The van der Waals surface area contributed by atoms with Gasteiger partial charge in [-0.05, 0) is 31.2 Å². The summed E-state index contributed by atoms with van der Waals surface area (Å²) < 4.78 is 5.15. The van der Waals surface area contributed by atoms with Gasteiger partial charge >= 0.3 is 5.97 Å². The highest BCUT2D eigenvalue weighted by atomic mass is 32.2. The summed E-state index contributed by atoms with van der Waals surface area (Å²) in [7, 11) is 0. The monoisotopic (exact) mass is 384 g/mol. The molecule has 0 saturated heterocycles. The maximum Gasteiger partial charge on any atom is 0.316 e. The van der Waals surface area contributed by atoms with Crippen molar-refractivity contribution in [3.8, 4) is 0 Å². The lowest BCUT2D eigenvalue weighted by Crippen LogP contribution is -2.41. The lowest BCUT2D eigenvalue weighted by atomic mass is 10.1. The maximum atomic E-state index is 12.7. The number of carbonyl (C=O) groups excluding carboxylic acids is 3. The Bertz CT molecular complexity index is 841.